The van der Waals surface area contributed by atoms with Crippen molar-refractivity contribution < 1.29 is 4.79 Å². The predicted molar refractivity (Wildman–Crippen MR) is 83.5 cm³/mol. The molecule has 1 fully saturated rings. The number of aromatic nitrogens is 1. The number of benzene rings is 1. The quantitative estimate of drug-likeness (QED) is 0.801. The van der Waals surface area contributed by atoms with E-state index in [-0.39, 0.29) is 12.5 Å². The summed E-state index contributed by atoms with van der Waals surface area (Å²) >= 11 is 3.44. The molecule has 1 saturated carbocycles. The zero-order valence-corrected chi connectivity index (χ0v) is 12.4. The van der Waals surface area contributed by atoms with Crippen LogP contribution in [0, 0.1) is 0 Å². The van der Waals surface area contributed by atoms with Crippen molar-refractivity contribution in [2.45, 2.75) is 18.9 Å². The summed E-state index contributed by atoms with van der Waals surface area (Å²) in [6.07, 6.45) is 3.77. The van der Waals surface area contributed by atoms with E-state index >= 15 is 0 Å². The lowest BCUT2D eigenvalue weighted by Crippen LogP contribution is -2.31. The van der Waals surface area contributed by atoms with E-state index in [1.807, 2.05) is 18.2 Å². The number of nitrogens with two attached hydrogens (primary N) is 1. The van der Waals surface area contributed by atoms with Crippen LogP contribution in [0.3, 0.4) is 0 Å². The molecule has 20 heavy (non-hydrogen) atoms. The number of pyridine rings is 1. The lowest BCUT2D eigenvalue weighted by molar-refractivity contribution is -0.119. The SMILES string of the molecule is Nc1cnc2ccc(Br)cc2c1NCC(=O)NC1CC1. The molecule has 4 N–H and O–H groups in total. The first-order valence-electron chi connectivity index (χ1n) is 6.50. The van der Waals surface area contributed by atoms with Gasteiger partial charge in [-0.15, -0.1) is 0 Å². The van der Waals surface area contributed by atoms with Crippen molar-refractivity contribution in [3.8, 4) is 0 Å². The van der Waals surface area contributed by atoms with E-state index < -0.39 is 0 Å². The molecular weight excluding hydrogens is 320 g/mol. The number of nitrogens with zero attached hydrogens (tertiary/aromatic N) is 1. The first kappa shape index (κ1) is 13.2. The standard InChI is InChI=1S/C14H15BrN4O/c15-8-1-4-12-10(5-8)14(11(16)6-17-12)18-7-13(20)19-9-2-3-9/h1,4-6,9H,2-3,7,16H2,(H,17,18)(H,19,20). The maximum Gasteiger partial charge on any atom is 0.239 e. The third-order valence-electron chi connectivity index (χ3n) is 3.23. The molecule has 1 aromatic heterocycles. The van der Waals surface area contributed by atoms with Crippen molar-refractivity contribution in [1.82, 2.24) is 10.3 Å². The number of rotatable bonds is 4. The molecule has 104 valence electrons. The van der Waals surface area contributed by atoms with E-state index in [1.165, 1.54) is 0 Å². The van der Waals surface area contributed by atoms with Crippen LogP contribution < -0.4 is 16.4 Å². The molecule has 3 rings (SSSR count). The van der Waals surface area contributed by atoms with Gasteiger partial charge in [0.1, 0.15) is 0 Å². The minimum Gasteiger partial charge on any atom is -0.396 e. The average molecular weight is 335 g/mol. The number of halogens is 1. The third kappa shape index (κ3) is 2.85. The zero-order valence-electron chi connectivity index (χ0n) is 10.8. The van der Waals surface area contributed by atoms with Gasteiger partial charge in [-0.1, -0.05) is 15.9 Å². The first-order chi connectivity index (χ1) is 9.63. The minimum absolute atomic E-state index is 0.00754. The Labute approximate surface area is 125 Å². The highest BCUT2D eigenvalue weighted by Gasteiger charge is 2.23. The number of hydrogen-bond acceptors (Lipinski definition) is 4. The van der Waals surface area contributed by atoms with Crippen LogP contribution in [0.25, 0.3) is 10.9 Å². The Morgan fingerprint density at radius 2 is 2.25 bits per heavy atom. The highest BCUT2D eigenvalue weighted by Crippen LogP contribution is 2.29. The number of hydrogen-bond donors (Lipinski definition) is 3. The van der Waals surface area contributed by atoms with Crippen LogP contribution >= 0.6 is 15.9 Å². The van der Waals surface area contributed by atoms with Gasteiger partial charge in [0.05, 0.1) is 29.6 Å². The van der Waals surface area contributed by atoms with Crippen molar-refractivity contribution >= 4 is 44.1 Å². The van der Waals surface area contributed by atoms with E-state index in [9.17, 15) is 4.79 Å². The van der Waals surface area contributed by atoms with Crippen molar-refractivity contribution in [2.24, 2.45) is 0 Å². The molecule has 5 nitrogen and oxygen atoms in total. The van der Waals surface area contributed by atoms with Crippen LogP contribution in [0.15, 0.2) is 28.9 Å². The minimum atomic E-state index is -0.00754. The molecule has 1 heterocycles. The fourth-order valence-corrected chi connectivity index (χ4v) is 2.41. The lowest BCUT2D eigenvalue weighted by Gasteiger charge is -2.12. The van der Waals surface area contributed by atoms with Gasteiger partial charge in [0.15, 0.2) is 0 Å². The molecule has 1 aromatic carbocycles. The van der Waals surface area contributed by atoms with Gasteiger partial charge in [-0.2, -0.15) is 0 Å². The molecule has 0 saturated heterocycles. The molecule has 1 aliphatic carbocycles. The topological polar surface area (TPSA) is 80.0 Å². The molecule has 2 aromatic rings. The second-order valence-corrected chi connectivity index (χ2v) is 5.86. The second-order valence-electron chi connectivity index (χ2n) is 4.95. The number of carbonyl (C=O) groups excluding carboxylic acids is 1. The fourth-order valence-electron chi connectivity index (χ4n) is 2.05. The summed E-state index contributed by atoms with van der Waals surface area (Å²) in [5.74, 6) is -0.00754. The molecular formula is C14H15BrN4O. The van der Waals surface area contributed by atoms with Crippen LogP contribution in [-0.4, -0.2) is 23.5 Å². The molecule has 1 amide bonds. The second kappa shape index (κ2) is 5.28. The van der Waals surface area contributed by atoms with Gasteiger partial charge in [0, 0.05) is 15.9 Å². The Bertz CT molecular complexity index is 664. The van der Waals surface area contributed by atoms with E-state index in [0.717, 1.165) is 33.9 Å². The van der Waals surface area contributed by atoms with Gasteiger partial charge in [-0.05, 0) is 31.0 Å². The molecule has 0 bridgehead atoms. The van der Waals surface area contributed by atoms with Crippen molar-refractivity contribution in [1.29, 1.82) is 0 Å². The molecule has 0 unspecified atom stereocenters. The van der Waals surface area contributed by atoms with Gasteiger partial charge in [0.25, 0.3) is 0 Å². The van der Waals surface area contributed by atoms with Crippen molar-refractivity contribution in [3.05, 3.63) is 28.9 Å². The largest absolute Gasteiger partial charge is 0.396 e. The number of fused-ring (bicyclic) bond motifs is 1. The normalized spacial score (nSPS) is 14.2. The van der Waals surface area contributed by atoms with Crippen molar-refractivity contribution in [3.63, 3.8) is 0 Å². The number of nitrogens with one attached hydrogen (secondary N) is 2. The van der Waals surface area contributed by atoms with Gasteiger partial charge in [-0.25, -0.2) is 0 Å². The maximum absolute atomic E-state index is 11.7. The summed E-state index contributed by atoms with van der Waals surface area (Å²) in [5.41, 5.74) is 8.09. The number of anilines is 2. The molecule has 1 aliphatic rings. The smallest absolute Gasteiger partial charge is 0.239 e. The van der Waals surface area contributed by atoms with Gasteiger partial charge < -0.3 is 16.4 Å². The Kier molecular flexibility index (Phi) is 3.48. The molecule has 6 heteroatoms. The van der Waals surface area contributed by atoms with Gasteiger partial charge >= 0.3 is 0 Å². The number of amides is 1. The zero-order chi connectivity index (χ0) is 14.1. The lowest BCUT2D eigenvalue weighted by atomic mass is 10.1. The van der Waals surface area contributed by atoms with Gasteiger partial charge in [-0.3, -0.25) is 9.78 Å². The van der Waals surface area contributed by atoms with Crippen LogP contribution in [0.5, 0.6) is 0 Å². The molecule has 0 spiro atoms. The monoisotopic (exact) mass is 334 g/mol. The highest BCUT2D eigenvalue weighted by atomic mass is 79.9. The van der Waals surface area contributed by atoms with Gasteiger partial charge in [0.2, 0.25) is 5.91 Å². The summed E-state index contributed by atoms with van der Waals surface area (Å²) < 4.78 is 0.947. The predicted octanol–water partition coefficient (Wildman–Crippen LogP) is 2.27. The summed E-state index contributed by atoms with van der Waals surface area (Å²) in [5, 5.41) is 6.96. The van der Waals surface area contributed by atoms with Crippen LogP contribution in [-0.2, 0) is 4.79 Å². The fraction of sp³-hybridized carbons (Fsp3) is 0.286. The summed E-state index contributed by atoms with van der Waals surface area (Å²) in [6, 6.07) is 6.15. The number of nitrogen functional groups attached to an aromatic ring is 1. The van der Waals surface area contributed by atoms with Crippen LogP contribution in [0.1, 0.15) is 12.8 Å². The Hall–Kier alpha value is -1.82. The average Bonchev–Trinajstić information content (AvgIpc) is 3.21. The Balaban J connectivity index is 1.83. The van der Waals surface area contributed by atoms with Crippen molar-refractivity contribution in [2.75, 3.05) is 17.6 Å². The molecule has 0 atom stereocenters. The third-order valence-corrected chi connectivity index (χ3v) is 3.72. The molecule has 0 radical (unpaired) electrons. The van der Waals surface area contributed by atoms with E-state index in [1.54, 1.807) is 6.20 Å². The van der Waals surface area contributed by atoms with E-state index in [0.29, 0.717) is 11.7 Å². The summed E-state index contributed by atoms with van der Waals surface area (Å²) in [7, 11) is 0. The van der Waals surface area contributed by atoms with Crippen LogP contribution in [0.2, 0.25) is 0 Å². The summed E-state index contributed by atoms with van der Waals surface area (Å²) in [4.78, 5) is 16.0. The summed E-state index contributed by atoms with van der Waals surface area (Å²) in [6.45, 7) is 0.215. The first-order valence-corrected chi connectivity index (χ1v) is 7.30. The Morgan fingerprint density at radius 1 is 1.45 bits per heavy atom. The highest BCUT2D eigenvalue weighted by molar-refractivity contribution is 9.10. The van der Waals surface area contributed by atoms with E-state index in [2.05, 4.69) is 31.5 Å². The molecule has 0 aliphatic heterocycles. The Morgan fingerprint density at radius 3 is 3.00 bits per heavy atom. The van der Waals surface area contributed by atoms with E-state index in [4.69, 9.17) is 5.73 Å². The maximum atomic E-state index is 11.7. The number of carbonyl (C=O) groups is 1. The van der Waals surface area contributed by atoms with Crippen LogP contribution in [0.4, 0.5) is 11.4 Å².